The fourth-order valence-electron chi connectivity index (χ4n) is 1.47. The zero-order valence-corrected chi connectivity index (χ0v) is 6.86. The molecule has 1 N–H and O–H groups in total. The first-order valence-corrected chi connectivity index (χ1v) is 4.21. The molecule has 1 aromatic rings. The summed E-state index contributed by atoms with van der Waals surface area (Å²) in [6, 6.07) is 1.80. The Morgan fingerprint density at radius 1 is 1.50 bits per heavy atom. The van der Waals surface area contributed by atoms with Crippen molar-refractivity contribution in [3.8, 4) is 0 Å². The topological polar surface area (TPSA) is 49.5 Å². The fourth-order valence-corrected chi connectivity index (χ4v) is 1.47. The number of hydrogen-bond acceptors (Lipinski definition) is 4. The third kappa shape index (κ3) is 1.30. The second kappa shape index (κ2) is 3.15. The molecule has 2 heterocycles. The Kier molecular flexibility index (Phi) is 1.99. The number of aromatic nitrogens is 1. The Balaban J connectivity index is 2.11. The Labute approximate surface area is 70.8 Å². The van der Waals surface area contributed by atoms with Gasteiger partial charge in [-0.05, 0) is 12.8 Å². The van der Waals surface area contributed by atoms with E-state index in [-0.39, 0.29) is 6.61 Å². The molecular weight excluding hydrogens is 156 g/mol. The van der Waals surface area contributed by atoms with Gasteiger partial charge in [-0.2, -0.15) is 0 Å². The van der Waals surface area contributed by atoms with Crippen molar-refractivity contribution < 1.29 is 9.63 Å². The lowest BCUT2D eigenvalue weighted by Crippen LogP contribution is -2.17. The summed E-state index contributed by atoms with van der Waals surface area (Å²) in [6.07, 6.45) is 2.45. The van der Waals surface area contributed by atoms with E-state index in [4.69, 9.17) is 9.63 Å². The Morgan fingerprint density at radius 2 is 2.25 bits per heavy atom. The fraction of sp³-hybridized carbons (Fsp3) is 0.625. The van der Waals surface area contributed by atoms with Gasteiger partial charge in [0.05, 0.1) is 0 Å². The van der Waals surface area contributed by atoms with Gasteiger partial charge in [-0.25, -0.2) is 0 Å². The van der Waals surface area contributed by atoms with Gasteiger partial charge in [0.25, 0.3) is 0 Å². The van der Waals surface area contributed by atoms with Crippen molar-refractivity contribution in [2.75, 3.05) is 18.0 Å². The maximum absolute atomic E-state index is 8.74. The number of aliphatic hydroxyl groups is 1. The average molecular weight is 168 g/mol. The van der Waals surface area contributed by atoms with Crippen LogP contribution in [0, 0.1) is 0 Å². The highest BCUT2D eigenvalue weighted by Gasteiger charge is 2.15. The Bertz CT molecular complexity index is 253. The van der Waals surface area contributed by atoms with E-state index in [1.165, 1.54) is 12.8 Å². The summed E-state index contributed by atoms with van der Waals surface area (Å²) in [6.45, 7) is 2.04. The number of aliphatic hydroxyl groups excluding tert-OH is 1. The molecule has 66 valence electrons. The minimum Gasteiger partial charge on any atom is -0.388 e. The Hall–Kier alpha value is -1.03. The summed E-state index contributed by atoms with van der Waals surface area (Å²) >= 11 is 0. The number of nitrogens with zero attached hydrogens (tertiary/aromatic N) is 2. The van der Waals surface area contributed by atoms with Crippen LogP contribution in [-0.2, 0) is 6.61 Å². The molecule has 0 aliphatic carbocycles. The monoisotopic (exact) mass is 168 g/mol. The SMILES string of the molecule is OCc1cc(N2CCCC2)no1. The smallest absolute Gasteiger partial charge is 0.172 e. The van der Waals surface area contributed by atoms with E-state index < -0.39 is 0 Å². The van der Waals surface area contributed by atoms with Gasteiger partial charge in [-0.15, -0.1) is 0 Å². The van der Waals surface area contributed by atoms with Gasteiger partial charge >= 0.3 is 0 Å². The van der Waals surface area contributed by atoms with E-state index in [1.54, 1.807) is 6.07 Å². The molecule has 0 saturated carbocycles. The largest absolute Gasteiger partial charge is 0.388 e. The van der Waals surface area contributed by atoms with Crippen LogP contribution in [0.25, 0.3) is 0 Å². The highest BCUT2D eigenvalue weighted by atomic mass is 16.5. The molecule has 4 nitrogen and oxygen atoms in total. The first-order valence-electron chi connectivity index (χ1n) is 4.21. The number of rotatable bonds is 2. The summed E-state index contributed by atoms with van der Waals surface area (Å²) in [5.41, 5.74) is 0. The van der Waals surface area contributed by atoms with E-state index in [0.717, 1.165) is 18.9 Å². The van der Waals surface area contributed by atoms with Gasteiger partial charge in [0.1, 0.15) is 6.61 Å². The zero-order valence-electron chi connectivity index (χ0n) is 6.86. The molecule has 4 heteroatoms. The second-order valence-electron chi connectivity index (χ2n) is 3.00. The summed E-state index contributed by atoms with van der Waals surface area (Å²) < 4.78 is 4.88. The Morgan fingerprint density at radius 3 is 2.83 bits per heavy atom. The van der Waals surface area contributed by atoms with Crippen LogP contribution in [0.4, 0.5) is 5.82 Å². The molecule has 0 atom stereocenters. The first kappa shape index (κ1) is 7.61. The summed E-state index contributed by atoms with van der Waals surface area (Å²) in [5, 5.41) is 12.6. The molecule has 0 bridgehead atoms. The maximum atomic E-state index is 8.74. The average Bonchev–Trinajstić information content (AvgIpc) is 2.75. The van der Waals surface area contributed by atoms with E-state index in [9.17, 15) is 0 Å². The van der Waals surface area contributed by atoms with E-state index in [0.29, 0.717) is 5.76 Å². The van der Waals surface area contributed by atoms with Gasteiger partial charge in [0.2, 0.25) is 0 Å². The highest BCUT2D eigenvalue weighted by Crippen LogP contribution is 2.19. The molecule has 1 aromatic heterocycles. The molecule has 0 amide bonds. The lowest BCUT2D eigenvalue weighted by atomic mass is 10.4. The van der Waals surface area contributed by atoms with Gasteiger partial charge < -0.3 is 14.5 Å². The third-order valence-corrected chi connectivity index (χ3v) is 2.13. The standard InChI is InChI=1S/C8H12N2O2/c11-6-7-5-8(9-12-7)10-3-1-2-4-10/h5,11H,1-4,6H2. The molecule has 1 aliphatic rings. The molecule has 0 radical (unpaired) electrons. The van der Waals surface area contributed by atoms with Crippen molar-refractivity contribution in [1.82, 2.24) is 5.16 Å². The minimum absolute atomic E-state index is 0.0686. The summed E-state index contributed by atoms with van der Waals surface area (Å²) in [4.78, 5) is 2.17. The predicted octanol–water partition coefficient (Wildman–Crippen LogP) is 0.767. The van der Waals surface area contributed by atoms with Crippen molar-refractivity contribution >= 4 is 5.82 Å². The molecule has 1 saturated heterocycles. The van der Waals surface area contributed by atoms with Crippen LogP contribution in [0.2, 0.25) is 0 Å². The second-order valence-corrected chi connectivity index (χ2v) is 3.00. The quantitative estimate of drug-likeness (QED) is 0.708. The van der Waals surface area contributed by atoms with Crippen LogP contribution >= 0.6 is 0 Å². The lowest BCUT2D eigenvalue weighted by molar-refractivity contribution is 0.229. The van der Waals surface area contributed by atoms with Crippen molar-refractivity contribution in [2.24, 2.45) is 0 Å². The number of anilines is 1. The van der Waals surface area contributed by atoms with Crippen molar-refractivity contribution in [1.29, 1.82) is 0 Å². The van der Waals surface area contributed by atoms with Gasteiger partial charge in [0, 0.05) is 19.2 Å². The van der Waals surface area contributed by atoms with Crippen LogP contribution in [0.15, 0.2) is 10.6 Å². The van der Waals surface area contributed by atoms with Crippen LogP contribution in [0.3, 0.4) is 0 Å². The van der Waals surface area contributed by atoms with Gasteiger partial charge in [0.15, 0.2) is 11.6 Å². The van der Waals surface area contributed by atoms with E-state index >= 15 is 0 Å². The highest BCUT2D eigenvalue weighted by molar-refractivity contribution is 5.38. The van der Waals surface area contributed by atoms with Crippen LogP contribution in [-0.4, -0.2) is 23.4 Å². The maximum Gasteiger partial charge on any atom is 0.172 e. The lowest BCUT2D eigenvalue weighted by Gasteiger charge is -2.11. The van der Waals surface area contributed by atoms with Crippen molar-refractivity contribution in [3.63, 3.8) is 0 Å². The molecule has 2 rings (SSSR count). The molecule has 1 aliphatic heterocycles. The summed E-state index contributed by atoms with van der Waals surface area (Å²) in [7, 11) is 0. The van der Waals surface area contributed by atoms with Crippen molar-refractivity contribution in [2.45, 2.75) is 19.4 Å². The normalized spacial score (nSPS) is 17.2. The predicted molar refractivity (Wildman–Crippen MR) is 43.9 cm³/mol. The van der Waals surface area contributed by atoms with E-state index in [1.807, 2.05) is 0 Å². The van der Waals surface area contributed by atoms with E-state index in [2.05, 4.69) is 10.1 Å². The summed E-state index contributed by atoms with van der Waals surface area (Å²) in [5.74, 6) is 1.40. The zero-order chi connectivity index (χ0) is 8.39. The van der Waals surface area contributed by atoms with Crippen LogP contribution in [0.1, 0.15) is 18.6 Å². The molecule has 1 fully saturated rings. The molecule has 0 aromatic carbocycles. The first-order chi connectivity index (χ1) is 5.90. The molecule has 0 spiro atoms. The molecule has 0 unspecified atom stereocenters. The third-order valence-electron chi connectivity index (χ3n) is 2.13. The molecule has 12 heavy (non-hydrogen) atoms. The van der Waals surface area contributed by atoms with Crippen LogP contribution in [0.5, 0.6) is 0 Å². The van der Waals surface area contributed by atoms with Gasteiger partial charge in [-0.3, -0.25) is 0 Å². The molecular formula is C8H12N2O2. The minimum atomic E-state index is -0.0686. The van der Waals surface area contributed by atoms with Crippen LogP contribution < -0.4 is 4.90 Å². The number of hydrogen-bond donors (Lipinski definition) is 1. The van der Waals surface area contributed by atoms with Gasteiger partial charge in [-0.1, -0.05) is 5.16 Å². The van der Waals surface area contributed by atoms with Crippen molar-refractivity contribution in [3.05, 3.63) is 11.8 Å².